The van der Waals surface area contributed by atoms with Crippen molar-refractivity contribution in [3.8, 4) is 0 Å². The van der Waals surface area contributed by atoms with E-state index in [0.29, 0.717) is 31.2 Å². The van der Waals surface area contributed by atoms with E-state index in [1.54, 1.807) is 36.4 Å². The van der Waals surface area contributed by atoms with Gasteiger partial charge in [0.1, 0.15) is 4.88 Å². The molecule has 0 atom stereocenters. The number of ketones is 1. The number of rotatable bonds is 4. The third kappa shape index (κ3) is 4.65. The molecule has 1 aromatic heterocycles. The van der Waals surface area contributed by atoms with E-state index in [9.17, 15) is 9.59 Å². The van der Waals surface area contributed by atoms with Gasteiger partial charge in [-0.15, -0.1) is 11.3 Å². The van der Waals surface area contributed by atoms with Gasteiger partial charge < -0.3 is 5.32 Å². The van der Waals surface area contributed by atoms with Crippen molar-refractivity contribution in [1.29, 1.82) is 0 Å². The van der Waals surface area contributed by atoms with E-state index in [1.807, 2.05) is 24.3 Å². The van der Waals surface area contributed by atoms with Crippen LogP contribution in [0.3, 0.4) is 0 Å². The lowest BCUT2D eigenvalue weighted by atomic mass is 10.0. The first kappa shape index (κ1) is 22.7. The number of halogens is 3. The van der Waals surface area contributed by atoms with E-state index in [2.05, 4.69) is 10.6 Å². The van der Waals surface area contributed by atoms with Gasteiger partial charge in [0.2, 0.25) is 0 Å². The molecule has 3 aromatic carbocycles. The van der Waals surface area contributed by atoms with E-state index >= 15 is 0 Å². The van der Waals surface area contributed by atoms with E-state index in [4.69, 9.17) is 47.0 Å². The van der Waals surface area contributed by atoms with Crippen molar-refractivity contribution in [3.63, 3.8) is 0 Å². The Hall–Kier alpha value is -2.48. The number of hydrogen-bond acceptors (Lipinski definition) is 4. The molecule has 4 aromatic rings. The normalized spacial score (nSPS) is 10.7. The van der Waals surface area contributed by atoms with E-state index < -0.39 is 5.91 Å². The molecule has 0 bridgehead atoms. The van der Waals surface area contributed by atoms with Gasteiger partial charge in [-0.2, -0.15) is 0 Å². The van der Waals surface area contributed by atoms with Crippen LogP contribution in [0, 0.1) is 0 Å². The zero-order valence-electron chi connectivity index (χ0n) is 16.1. The van der Waals surface area contributed by atoms with Crippen molar-refractivity contribution in [2.24, 2.45) is 0 Å². The fourth-order valence-electron chi connectivity index (χ4n) is 3.08. The highest BCUT2D eigenvalue weighted by Gasteiger charge is 2.20. The Morgan fingerprint density at radius 1 is 0.875 bits per heavy atom. The molecule has 0 saturated carbocycles. The Labute approximate surface area is 208 Å². The molecule has 32 heavy (non-hydrogen) atoms. The number of nitrogens with one attached hydrogen (secondary N) is 2. The molecule has 1 heterocycles. The zero-order chi connectivity index (χ0) is 22.8. The third-order valence-corrected chi connectivity index (χ3v) is 7.00. The van der Waals surface area contributed by atoms with Crippen LogP contribution in [0.15, 0.2) is 66.7 Å². The van der Waals surface area contributed by atoms with Gasteiger partial charge in [0.15, 0.2) is 10.9 Å². The van der Waals surface area contributed by atoms with Crippen LogP contribution in [0.2, 0.25) is 15.1 Å². The summed E-state index contributed by atoms with van der Waals surface area (Å²) in [5.74, 6) is -0.774. The monoisotopic (exact) mass is 518 g/mol. The summed E-state index contributed by atoms with van der Waals surface area (Å²) in [4.78, 5) is 26.2. The van der Waals surface area contributed by atoms with Gasteiger partial charge >= 0.3 is 0 Å². The summed E-state index contributed by atoms with van der Waals surface area (Å²) in [5.41, 5.74) is 0.973. The first-order valence-corrected chi connectivity index (χ1v) is 11.6. The Kier molecular flexibility index (Phi) is 6.79. The molecule has 0 aliphatic heterocycles. The zero-order valence-corrected chi connectivity index (χ0v) is 20.0. The lowest BCUT2D eigenvalue weighted by Crippen LogP contribution is -2.34. The molecule has 2 N–H and O–H groups in total. The van der Waals surface area contributed by atoms with Crippen LogP contribution in [0.5, 0.6) is 0 Å². The molecule has 0 aliphatic carbocycles. The number of fused-ring (bicyclic) bond motifs is 1. The van der Waals surface area contributed by atoms with Gasteiger partial charge in [-0.3, -0.25) is 14.9 Å². The number of anilines is 1. The molecule has 0 radical (unpaired) electrons. The lowest BCUT2D eigenvalue weighted by molar-refractivity contribution is 0.0981. The van der Waals surface area contributed by atoms with Crippen molar-refractivity contribution >= 4 is 90.9 Å². The standard InChI is InChI=1S/C23H13Cl3N2O2S2/c24-12-9-10-17(15(11-12)20(29)13-5-1-3-7-16(13)25)27-23(31)28-22(30)21-19(26)14-6-2-4-8-18(14)32-21/h1-11H,(H2,27,28,30,31). The maximum atomic E-state index is 13.1. The maximum Gasteiger partial charge on any atom is 0.269 e. The van der Waals surface area contributed by atoms with E-state index in [-0.39, 0.29) is 16.5 Å². The summed E-state index contributed by atoms with van der Waals surface area (Å²) in [6.07, 6.45) is 0. The second-order valence-corrected chi connectivity index (χ2v) is 9.33. The minimum absolute atomic E-state index is 0.0130. The molecule has 4 rings (SSSR count). The van der Waals surface area contributed by atoms with Gasteiger partial charge in [-0.25, -0.2) is 0 Å². The predicted octanol–water partition coefficient (Wildman–Crippen LogP) is 7.22. The van der Waals surface area contributed by atoms with Gasteiger partial charge in [0, 0.05) is 26.2 Å². The Bertz CT molecular complexity index is 1380. The van der Waals surface area contributed by atoms with Crippen molar-refractivity contribution in [2.45, 2.75) is 0 Å². The number of hydrogen-bond donors (Lipinski definition) is 2. The average Bonchev–Trinajstić information content (AvgIpc) is 3.12. The van der Waals surface area contributed by atoms with Crippen LogP contribution in [0.25, 0.3) is 10.1 Å². The van der Waals surface area contributed by atoms with Gasteiger partial charge in [-0.05, 0) is 48.6 Å². The van der Waals surface area contributed by atoms with Crippen LogP contribution in [-0.4, -0.2) is 16.8 Å². The molecule has 1 amide bonds. The fourth-order valence-corrected chi connectivity index (χ4v) is 5.09. The Morgan fingerprint density at radius 2 is 1.59 bits per heavy atom. The molecule has 0 spiro atoms. The molecule has 0 aliphatic rings. The number of carbonyl (C=O) groups is 2. The average molecular weight is 520 g/mol. The van der Waals surface area contributed by atoms with Crippen LogP contribution < -0.4 is 10.6 Å². The summed E-state index contributed by atoms with van der Waals surface area (Å²) in [5, 5.41) is 7.39. The quantitative estimate of drug-likeness (QED) is 0.221. The van der Waals surface area contributed by atoms with E-state index in [1.165, 1.54) is 17.4 Å². The van der Waals surface area contributed by atoms with Gasteiger partial charge in [0.05, 0.1) is 15.7 Å². The molecular formula is C23H13Cl3N2O2S2. The van der Waals surface area contributed by atoms with Crippen molar-refractivity contribution in [2.75, 3.05) is 5.32 Å². The second kappa shape index (κ2) is 9.57. The minimum atomic E-state index is -0.443. The van der Waals surface area contributed by atoms with Crippen molar-refractivity contribution in [3.05, 3.63) is 97.8 Å². The molecule has 0 fully saturated rings. The Morgan fingerprint density at radius 3 is 2.34 bits per heavy atom. The fraction of sp³-hybridized carbons (Fsp3) is 0. The third-order valence-electron chi connectivity index (χ3n) is 4.56. The molecule has 0 saturated heterocycles. The second-order valence-electron chi connectivity index (χ2n) is 6.65. The summed E-state index contributed by atoms with van der Waals surface area (Å²) >= 11 is 25.3. The highest BCUT2D eigenvalue weighted by molar-refractivity contribution is 7.80. The Balaban J connectivity index is 1.57. The summed E-state index contributed by atoms with van der Waals surface area (Å²) < 4.78 is 0.895. The number of thiophene rings is 1. The molecular weight excluding hydrogens is 507 g/mol. The predicted molar refractivity (Wildman–Crippen MR) is 137 cm³/mol. The van der Waals surface area contributed by atoms with Crippen LogP contribution >= 0.6 is 58.4 Å². The minimum Gasteiger partial charge on any atom is -0.332 e. The van der Waals surface area contributed by atoms with Crippen molar-refractivity contribution < 1.29 is 9.59 Å². The first-order valence-electron chi connectivity index (χ1n) is 9.23. The number of carbonyl (C=O) groups excluding carboxylic acids is 2. The molecule has 160 valence electrons. The molecule has 0 unspecified atom stereocenters. The van der Waals surface area contributed by atoms with Crippen LogP contribution in [-0.2, 0) is 0 Å². The summed E-state index contributed by atoms with van der Waals surface area (Å²) in [6, 6.07) is 18.9. The highest BCUT2D eigenvalue weighted by atomic mass is 35.5. The smallest absolute Gasteiger partial charge is 0.269 e. The summed E-state index contributed by atoms with van der Waals surface area (Å²) in [7, 11) is 0. The molecule has 4 nitrogen and oxygen atoms in total. The number of thiocarbonyl (C=S) groups is 1. The van der Waals surface area contributed by atoms with E-state index in [0.717, 1.165) is 10.1 Å². The van der Waals surface area contributed by atoms with Gasteiger partial charge in [0.25, 0.3) is 5.91 Å². The first-order chi connectivity index (χ1) is 15.3. The SMILES string of the molecule is O=C(c1ccccc1Cl)c1cc(Cl)ccc1NC(=S)NC(=O)c1sc2ccccc2c1Cl. The van der Waals surface area contributed by atoms with Crippen molar-refractivity contribution in [1.82, 2.24) is 5.32 Å². The largest absolute Gasteiger partial charge is 0.332 e. The number of benzene rings is 3. The van der Waals surface area contributed by atoms with Crippen LogP contribution in [0.4, 0.5) is 5.69 Å². The maximum absolute atomic E-state index is 13.1. The van der Waals surface area contributed by atoms with Crippen LogP contribution in [0.1, 0.15) is 25.6 Å². The molecule has 9 heteroatoms. The topological polar surface area (TPSA) is 58.2 Å². The lowest BCUT2D eigenvalue weighted by Gasteiger charge is -2.14. The number of amides is 1. The highest BCUT2D eigenvalue weighted by Crippen LogP contribution is 2.35. The van der Waals surface area contributed by atoms with Gasteiger partial charge in [-0.1, -0.05) is 65.1 Å². The summed E-state index contributed by atoms with van der Waals surface area (Å²) in [6.45, 7) is 0.